The highest BCUT2D eigenvalue weighted by Crippen LogP contribution is 2.37. The van der Waals surface area contributed by atoms with E-state index in [1.807, 2.05) is 12.1 Å². The van der Waals surface area contributed by atoms with Crippen LogP contribution in [0.2, 0.25) is 0 Å². The van der Waals surface area contributed by atoms with Crippen LogP contribution in [-0.4, -0.2) is 20.3 Å². The Morgan fingerprint density at radius 3 is 3.06 bits per heavy atom. The molecule has 0 amide bonds. The van der Waals surface area contributed by atoms with E-state index >= 15 is 0 Å². The number of hydrogen-bond donors (Lipinski definition) is 1. The summed E-state index contributed by atoms with van der Waals surface area (Å²) in [6.07, 6.45) is 4.51. The molecule has 0 aromatic heterocycles. The van der Waals surface area contributed by atoms with Gasteiger partial charge in [-0.2, -0.15) is 0 Å². The first kappa shape index (κ1) is 12.4. The van der Waals surface area contributed by atoms with Crippen molar-refractivity contribution in [1.29, 1.82) is 0 Å². The zero-order valence-electron chi connectivity index (χ0n) is 10.4. The molecule has 1 aliphatic carbocycles. The van der Waals surface area contributed by atoms with Crippen LogP contribution in [0.1, 0.15) is 36.5 Å². The van der Waals surface area contributed by atoms with Gasteiger partial charge < -0.3 is 15.2 Å². The predicted octanol–water partition coefficient (Wildman–Crippen LogP) is 2.44. The smallest absolute Gasteiger partial charge is 0.122 e. The van der Waals surface area contributed by atoms with Gasteiger partial charge in [-0.05, 0) is 49.4 Å². The van der Waals surface area contributed by atoms with Crippen LogP contribution in [0.3, 0.4) is 0 Å². The van der Waals surface area contributed by atoms with Crippen molar-refractivity contribution < 1.29 is 9.47 Å². The van der Waals surface area contributed by atoms with E-state index in [0.717, 1.165) is 31.6 Å². The summed E-state index contributed by atoms with van der Waals surface area (Å²) in [5.41, 5.74) is 8.10. The highest BCUT2D eigenvalue weighted by molar-refractivity contribution is 5.42. The largest absolute Gasteiger partial charge is 0.496 e. The Morgan fingerprint density at radius 2 is 2.29 bits per heavy atom. The number of ether oxygens (including phenoxy) is 2. The van der Waals surface area contributed by atoms with Gasteiger partial charge in [0.2, 0.25) is 0 Å². The average molecular weight is 235 g/mol. The van der Waals surface area contributed by atoms with Crippen molar-refractivity contribution in [2.45, 2.75) is 31.8 Å². The van der Waals surface area contributed by atoms with Gasteiger partial charge in [-0.25, -0.2) is 0 Å². The van der Waals surface area contributed by atoms with Crippen LogP contribution in [0.5, 0.6) is 5.75 Å². The van der Waals surface area contributed by atoms with Crippen molar-refractivity contribution in [2.75, 3.05) is 20.3 Å². The summed E-state index contributed by atoms with van der Waals surface area (Å²) in [6, 6.07) is 6.23. The van der Waals surface area contributed by atoms with Crippen molar-refractivity contribution in [3.8, 4) is 5.75 Å². The Kier molecular flexibility index (Phi) is 4.40. The standard InChI is InChI=1S/C14H21NO2/c1-16-13-7-2-6-12-11(13)5-3-8-14(12)17-10-4-9-15/h2,6-7,14H,3-5,8-10,15H2,1H3. The molecule has 1 aliphatic rings. The van der Waals surface area contributed by atoms with Gasteiger partial charge in [0.25, 0.3) is 0 Å². The monoisotopic (exact) mass is 235 g/mol. The molecular formula is C14H21NO2. The van der Waals surface area contributed by atoms with Crippen molar-refractivity contribution in [2.24, 2.45) is 5.73 Å². The molecule has 94 valence electrons. The molecule has 0 bridgehead atoms. The fourth-order valence-corrected chi connectivity index (χ4v) is 2.44. The number of methoxy groups -OCH3 is 1. The minimum Gasteiger partial charge on any atom is -0.496 e. The molecule has 3 heteroatoms. The Hall–Kier alpha value is -1.06. The van der Waals surface area contributed by atoms with E-state index < -0.39 is 0 Å². The first-order valence-corrected chi connectivity index (χ1v) is 6.34. The van der Waals surface area contributed by atoms with E-state index in [2.05, 4.69) is 6.07 Å². The highest BCUT2D eigenvalue weighted by atomic mass is 16.5. The highest BCUT2D eigenvalue weighted by Gasteiger charge is 2.22. The molecule has 2 N–H and O–H groups in total. The van der Waals surface area contributed by atoms with Crippen LogP contribution < -0.4 is 10.5 Å². The molecule has 0 radical (unpaired) electrons. The van der Waals surface area contributed by atoms with Crippen LogP contribution >= 0.6 is 0 Å². The first-order valence-electron chi connectivity index (χ1n) is 6.34. The Labute approximate surface area is 103 Å². The van der Waals surface area contributed by atoms with Crippen molar-refractivity contribution in [3.63, 3.8) is 0 Å². The lowest BCUT2D eigenvalue weighted by Crippen LogP contribution is -2.15. The Bertz CT molecular complexity index is 365. The zero-order valence-corrected chi connectivity index (χ0v) is 10.4. The van der Waals surface area contributed by atoms with Gasteiger partial charge in [0.1, 0.15) is 5.75 Å². The normalized spacial score (nSPS) is 18.8. The Morgan fingerprint density at radius 1 is 1.41 bits per heavy atom. The number of benzene rings is 1. The van der Waals surface area contributed by atoms with Crippen LogP contribution in [0, 0.1) is 0 Å². The third kappa shape index (κ3) is 2.79. The van der Waals surface area contributed by atoms with Crippen LogP contribution in [0.4, 0.5) is 0 Å². The maximum Gasteiger partial charge on any atom is 0.122 e. The van der Waals surface area contributed by atoms with Crippen LogP contribution in [-0.2, 0) is 11.2 Å². The van der Waals surface area contributed by atoms with Gasteiger partial charge in [-0.3, -0.25) is 0 Å². The maximum absolute atomic E-state index is 5.91. The average Bonchev–Trinajstić information content (AvgIpc) is 2.38. The second-order valence-electron chi connectivity index (χ2n) is 4.42. The second kappa shape index (κ2) is 6.03. The Balaban J connectivity index is 2.13. The molecule has 0 aliphatic heterocycles. The van der Waals surface area contributed by atoms with Crippen molar-refractivity contribution in [3.05, 3.63) is 29.3 Å². The van der Waals surface area contributed by atoms with Gasteiger partial charge >= 0.3 is 0 Å². The quantitative estimate of drug-likeness (QED) is 0.797. The van der Waals surface area contributed by atoms with E-state index in [1.165, 1.54) is 17.5 Å². The third-order valence-electron chi connectivity index (χ3n) is 3.30. The molecule has 0 saturated heterocycles. The fourth-order valence-electron chi connectivity index (χ4n) is 2.44. The van der Waals surface area contributed by atoms with Crippen LogP contribution in [0.25, 0.3) is 0 Å². The minimum absolute atomic E-state index is 0.223. The number of fused-ring (bicyclic) bond motifs is 1. The van der Waals surface area contributed by atoms with Gasteiger partial charge in [0.05, 0.1) is 13.2 Å². The summed E-state index contributed by atoms with van der Waals surface area (Å²) in [5, 5.41) is 0. The van der Waals surface area contributed by atoms with E-state index in [4.69, 9.17) is 15.2 Å². The molecule has 1 aromatic rings. The molecule has 1 atom stereocenters. The summed E-state index contributed by atoms with van der Waals surface area (Å²) in [7, 11) is 1.73. The lowest BCUT2D eigenvalue weighted by Gasteiger charge is -2.27. The summed E-state index contributed by atoms with van der Waals surface area (Å²) >= 11 is 0. The molecular weight excluding hydrogens is 214 g/mol. The number of rotatable bonds is 5. The molecule has 2 rings (SSSR count). The first-order chi connectivity index (χ1) is 8.36. The minimum atomic E-state index is 0.223. The number of hydrogen-bond acceptors (Lipinski definition) is 3. The SMILES string of the molecule is COc1cccc2c1CCCC2OCCCN. The van der Waals surface area contributed by atoms with Gasteiger partial charge in [0.15, 0.2) is 0 Å². The predicted molar refractivity (Wildman–Crippen MR) is 68.3 cm³/mol. The number of nitrogens with two attached hydrogens (primary N) is 1. The second-order valence-corrected chi connectivity index (χ2v) is 4.42. The molecule has 0 fully saturated rings. The molecule has 1 aromatic carbocycles. The summed E-state index contributed by atoms with van der Waals surface area (Å²) in [4.78, 5) is 0. The molecule has 0 spiro atoms. The molecule has 0 saturated carbocycles. The van der Waals surface area contributed by atoms with E-state index in [9.17, 15) is 0 Å². The lowest BCUT2D eigenvalue weighted by atomic mass is 9.88. The van der Waals surface area contributed by atoms with Gasteiger partial charge in [0, 0.05) is 6.61 Å². The summed E-state index contributed by atoms with van der Waals surface area (Å²) < 4.78 is 11.3. The van der Waals surface area contributed by atoms with Gasteiger partial charge in [-0.1, -0.05) is 12.1 Å². The van der Waals surface area contributed by atoms with Crippen LogP contribution in [0.15, 0.2) is 18.2 Å². The maximum atomic E-state index is 5.91. The van der Waals surface area contributed by atoms with E-state index in [1.54, 1.807) is 7.11 Å². The zero-order chi connectivity index (χ0) is 12.1. The lowest BCUT2D eigenvalue weighted by molar-refractivity contribution is 0.0399. The third-order valence-corrected chi connectivity index (χ3v) is 3.30. The molecule has 0 heterocycles. The fraction of sp³-hybridized carbons (Fsp3) is 0.571. The van der Waals surface area contributed by atoms with Gasteiger partial charge in [-0.15, -0.1) is 0 Å². The molecule has 17 heavy (non-hydrogen) atoms. The molecule has 3 nitrogen and oxygen atoms in total. The van der Waals surface area contributed by atoms with Crippen molar-refractivity contribution in [1.82, 2.24) is 0 Å². The van der Waals surface area contributed by atoms with E-state index in [-0.39, 0.29) is 6.10 Å². The summed E-state index contributed by atoms with van der Waals surface area (Å²) in [6.45, 7) is 1.44. The van der Waals surface area contributed by atoms with Crippen molar-refractivity contribution >= 4 is 0 Å². The topological polar surface area (TPSA) is 44.5 Å². The summed E-state index contributed by atoms with van der Waals surface area (Å²) in [5.74, 6) is 0.995. The van der Waals surface area contributed by atoms with E-state index in [0.29, 0.717) is 6.54 Å². The molecule has 1 unspecified atom stereocenters.